The Morgan fingerprint density at radius 3 is 2.80 bits per heavy atom. The summed E-state index contributed by atoms with van der Waals surface area (Å²) in [4.78, 5) is 5.29. The highest BCUT2D eigenvalue weighted by molar-refractivity contribution is 7.19. The van der Waals surface area contributed by atoms with Crippen LogP contribution in [0, 0.1) is 11.3 Å². The van der Waals surface area contributed by atoms with E-state index in [0.717, 1.165) is 21.7 Å². The Balaban J connectivity index is 2.17. The zero-order valence-corrected chi connectivity index (χ0v) is 11.1. The number of nitrogens with zero attached hydrogens (tertiary/aromatic N) is 4. The van der Waals surface area contributed by atoms with E-state index in [4.69, 9.17) is 11.0 Å². The van der Waals surface area contributed by atoms with E-state index in [2.05, 4.69) is 21.3 Å². The summed E-state index contributed by atoms with van der Waals surface area (Å²) < 4.78 is 0. The zero-order valence-electron chi connectivity index (χ0n) is 10.3. The lowest BCUT2D eigenvalue weighted by Crippen LogP contribution is -1.86. The van der Waals surface area contributed by atoms with Crippen molar-refractivity contribution < 1.29 is 0 Å². The Labute approximate surface area is 119 Å². The topological polar surface area (TPSA) is 88.5 Å². The van der Waals surface area contributed by atoms with Crippen LogP contribution in [0.25, 0.3) is 21.7 Å². The van der Waals surface area contributed by atoms with Crippen LogP contribution >= 0.6 is 11.3 Å². The molecular weight excluding hydrogens is 270 g/mol. The van der Waals surface area contributed by atoms with E-state index >= 15 is 0 Å². The summed E-state index contributed by atoms with van der Waals surface area (Å²) in [6.45, 7) is 0. The molecule has 2 aromatic heterocycles. The molecule has 96 valence electrons. The van der Waals surface area contributed by atoms with Gasteiger partial charge in [-0.15, -0.1) is 0 Å². The number of nitrogens with two attached hydrogens (primary N) is 1. The summed E-state index contributed by atoms with van der Waals surface area (Å²) in [5, 5.41) is 17.1. The van der Waals surface area contributed by atoms with Gasteiger partial charge in [-0.1, -0.05) is 23.5 Å². The van der Waals surface area contributed by atoms with E-state index in [9.17, 15) is 0 Å². The largest absolute Gasteiger partial charge is 0.375 e. The predicted octanol–water partition coefficient (Wildman–Crippen LogP) is 2.72. The number of thiazole rings is 1. The van der Waals surface area contributed by atoms with Crippen LogP contribution in [0.15, 0.2) is 42.7 Å². The molecule has 5 nitrogen and oxygen atoms in total. The van der Waals surface area contributed by atoms with Gasteiger partial charge < -0.3 is 5.73 Å². The summed E-state index contributed by atoms with van der Waals surface area (Å²) in [5.41, 5.74) is 8.96. The standard InChI is InChI=1S/C14H9N5S/c15-7-9-2-1-3-10(6-9)12-13(20-14(16)19-12)11-4-5-17-18-8-11/h1-6,8H,(H2,16,19). The van der Waals surface area contributed by atoms with Crippen LogP contribution < -0.4 is 5.73 Å². The molecule has 3 rings (SSSR count). The fraction of sp³-hybridized carbons (Fsp3) is 0. The van der Waals surface area contributed by atoms with Crippen molar-refractivity contribution in [3.63, 3.8) is 0 Å². The molecule has 0 fully saturated rings. The summed E-state index contributed by atoms with van der Waals surface area (Å²) in [7, 11) is 0. The zero-order chi connectivity index (χ0) is 13.9. The van der Waals surface area contributed by atoms with E-state index in [0.29, 0.717) is 10.7 Å². The number of anilines is 1. The number of nitriles is 1. The molecule has 0 saturated heterocycles. The quantitative estimate of drug-likeness (QED) is 0.779. The third-order valence-corrected chi connectivity index (χ3v) is 3.69. The molecule has 2 N–H and O–H groups in total. The molecular formula is C14H9N5S. The van der Waals surface area contributed by atoms with E-state index in [1.807, 2.05) is 18.2 Å². The molecule has 0 aliphatic rings. The molecule has 0 bridgehead atoms. The third kappa shape index (κ3) is 2.22. The van der Waals surface area contributed by atoms with Crippen molar-refractivity contribution >= 4 is 16.5 Å². The van der Waals surface area contributed by atoms with Gasteiger partial charge in [-0.25, -0.2) is 4.98 Å². The van der Waals surface area contributed by atoms with Gasteiger partial charge in [-0.05, 0) is 18.2 Å². The molecule has 0 spiro atoms. The van der Waals surface area contributed by atoms with Gasteiger partial charge in [0.15, 0.2) is 5.13 Å². The first-order valence-corrected chi connectivity index (χ1v) is 6.63. The minimum Gasteiger partial charge on any atom is -0.375 e. The van der Waals surface area contributed by atoms with Crippen molar-refractivity contribution in [3.8, 4) is 27.8 Å². The first kappa shape index (κ1) is 12.3. The van der Waals surface area contributed by atoms with Crippen molar-refractivity contribution in [2.45, 2.75) is 0 Å². The average molecular weight is 279 g/mol. The summed E-state index contributed by atoms with van der Waals surface area (Å²) >= 11 is 1.39. The first-order valence-electron chi connectivity index (χ1n) is 5.82. The van der Waals surface area contributed by atoms with Gasteiger partial charge in [-0.3, -0.25) is 0 Å². The fourth-order valence-electron chi connectivity index (χ4n) is 1.89. The van der Waals surface area contributed by atoms with E-state index in [1.54, 1.807) is 24.5 Å². The van der Waals surface area contributed by atoms with Crippen LogP contribution in [0.2, 0.25) is 0 Å². The van der Waals surface area contributed by atoms with Gasteiger partial charge in [0, 0.05) is 11.1 Å². The van der Waals surface area contributed by atoms with Crippen molar-refractivity contribution in [2.75, 3.05) is 5.73 Å². The highest BCUT2D eigenvalue weighted by Gasteiger charge is 2.14. The fourth-order valence-corrected chi connectivity index (χ4v) is 2.73. The van der Waals surface area contributed by atoms with Crippen LogP contribution in [0.5, 0.6) is 0 Å². The molecule has 1 aromatic carbocycles. The normalized spacial score (nSPS) is 10.2. The van der Waals surface area contributed by atoms with E-state index in [1.165, 1.54) is 11.3 Å². The second-order valence-corrected chi connectivity index (χ2v) is 5.08. The first-order chi connectivity index (χ1) is 9.78. The molecule has 0 aliphatic carbocycles. The third-order valence-electron chi connectivity index (χ3n) is 2.76. The van der Waals surface area contributed by atoms with Crippen molar-refractivity contribution in [3.05, 3.63) is 48.3 Å². The van der Waals surface area contributed by atoms with Crippen LogP contribution in [-0.4, -0.2) is 15.2 Å². The van der Waals surface area contributed by atoms with Crippen molar-refractivity contribution in [2.24, 2.45) is 0 Å². The van der Waals surface area contributed by atoms with Gasteiger partial charge in [0.1, 0.15) is 0 Å². The number of nitrogen functional groups attached to an aromatic ring is 1. The van der Waals surface area contributed by atoms with Crippen LogP contribution in [0.1, 0.15) is 5.56 Å². The molecule has 0 saturated carbocycles. The summed E-state index contributed by atoms with van der Waals surface area (Å²) in [6, 6.07) is 11.3. The molecule has 2 heterocycles. The van der Waals surface area contributed by atoms with Crippen LogP contribution in [-0.2, 0) is 0 Å². The molecule has 0 amide bonds. The van der Waals surface area contributed by atoms with Crippen molar-refractivity contribution in [1.82, 2.24) is 15.2 Å². The maximum atomic E-state index is 8.99. The average Bonchev–Trinajstić information content (AvgIpc) is 2.90. The number of benzene rings is 1. The van der Waals surface area contributed by atoms with Gasteiger partial charge in [0.25, 0.3) is 0 Å². The minimum absolute atomic E-state index is 0.481. The van der Waals surface area contributed by atoms with E-state index < -0.39 is 0 Å². The van der Waals surface area contributed by atoms with Gasteiger partial charge in [-0.2, -0.15) is 15.5 Å². The monoisotopic (exact) mass is 279 g/mol. The number of rotatable bonds is 2. The lowest BCUT2D eigenvalue weighted by molar-refractivity contribution is 1.03. The highest BCUT2D eigenvalue weighted by atomic mass is 32.1. The molecule has 3 aromatic rings. The molecule has 0 radical (unpaired) electrons. The second kappa shape index (κ2) is 5.07. The Bertz CT molecular complexity index is 789. The van der Waals surface area contributed by atoms with E-state index in [-0.39, 0.29) is 0 Å². The Morgan fingerprint density at radius 1 is 1.15 bits per heavy atom. The maximum absolute atomic E-state index is 8.99. The smallest absolute Gasteiger partial charge is 0.181 e. The lowest BCUT2D eigenvalue weighted by Gasteiger charge is -2.02. The molecule has 6 heteroatoms. The lowest BCUT2D eigenvalue weighted by atomic mass is 10.1. The number of hydrogen-bond acceptors (Lipinski definition) is 6. The van der Waals surface area contributed by atoms with Crippen LogP contribution in [0.3, 0.4) is 0 Å². The van der Waals surface area contributed by atoms with Gasteiger partial charge >= 0.3 is 0 Å². The van der Waals surface area contributed by atoms with Gasteiger partial charge in [0.2, 0.25) is 0 Å². The Hall–Kier alpha value is -2.78. The molecule has 0 aliphatic heterocycles. The second-order valence-electron chi connectivity index (χ2n) is 4.05. The number of hydrogen-bond donors (Lipinski definition) is 1. The summed E-state index contributed by atoms with van der Waals surface area (Å²) in [6.07, 6.45) is 3.30. The highest BCUT2D eigenvalue weighted by Crippen LogP contribution is 2.37. The Kier molecular flexibility index (Phi) is 3.11. The van der Waals surface area contributed by atoms with Crippen molar-refractivity contribution in [1.29, 1.82) is 5.26 Å². The Morgan fingerprint density at radius 2 is 2.05 bits per heavy atom. The predicted molar refractivity (Wildman–Crippen MR) is 77.7 cm³/mol. The van der Waals surface area contributed by atoms with Crippen LogP contribution in [0.4, 0.5) is 5.13 Å². The molecule has 20 heavy (non-hydrogen) atoms. The number of aromatic nitrogens is 3. The SMILES string of the molecule is N#Cc1cccc(-c2nc(N)sc2-c2ccnnc2)c1. The summed E-state index contributed by atoms with van der Waals surface area (Å²) in [5.74, 6) is 0. The van der Waals surface area contributed by atoms with Gasteiger partial charge in [0.05, 0.1) is 34.6 Å². The molecule has 0 unspecified atom stereocenters. The maximum Gasteiger partial charge on any atom is 0.181 e. The molecule has 0 atom stereocenters. The minimum atomic E-state index is 0.481.